The number of aryl methyl sites for hydroxylation is 1. The quantitative estimate of drug-likeness (QED) is 0.273. The number of benzene rings is 4. The third-order valence-corrected chi connectivity index (χ3v) is 8.04. The van der Waals surface area contributed by atoms with Crippen LogP contribution in [0.15, 0.2) is 121 Å². The zero-order chi connectivity index (χ0) is 24.0. The van der Waals surface area contributed by atoms with Crippen LogP contribution in [0, 0.1) is 0 Å². The third-order valence-electron chi connectivity index (χ3n) is 6.62. The van der Waals surface area contributed by atoms with Crippen LogP contribution >= 0.6 is 0 Å². The van der Waals surface area contributed by atoms with E-state index in [1.54, 1.807) is 0 Å². The Bertz CT molecular complexity index is 1480. The summed E-state index contributed by atoms with van der Waals surface area (Å²) in [5.41, 5.74) is 7.11. The van der Waals surface area contributed by atoms with E-state index in [-0.39, 0.29) is 24.8 Å². The van der Waals surface area contributed by atoms with Crippen molar-refractivity contribution >= 4 is 30.3 Å². The molecule has 0 spiro atoms. The fraction of sp³-hybridized carbons (Fsp3) is 0.118. The Morgan fingerprint density at radius 2 is 1.38 bits per heavy atom. The molecule has 1 aliphatic rings. The Morgan fingerprint density at radius 1 is 0.757 bits per heavy atom. The topological polar surface area (TPSA) is 0 Å². The van der Waals surface area contributed by atoms with Crippen LogP contribution in [0.2, 0.25) is 0 Å². The Hall–Kier alpha value is -2.44. The zero-order valence-electron chi connectivity index (χ0n) is 20.9. The molecular formula is C34H29Cl2Zr-. The van der Waals surface area contributed by atoms with Gasteiger partial charge >= 0.3 is 99.2 Å². The fourth-order valence-electron chi connectivity index (χ4n) is 4.94. The number of halogens is 2. The average Bonchev–Trinajstić information content (AvgIpc) is 3.58. The van der Waals surface area contributed by atoms with E-state index in [9.17, 15) is 0 Å². The Labute approximate surface area is 247 Å². The van der Waals surface area contributed by atoms with Gasteiger partial charge in [0.2, 0.25) is 0 Å². The number of allylic oxidation sites excluding steroid dienone is 4. The van der Waals surface area contributed by atoms with Gasteiger partial charge in [-0.1, -0.05) is 78.6 Å². The normalized spacial score (nSPS) is 11.8. The first-order valence-electron chi connectivity index (χ1n) is 12.4. The molecule has 0 saturated heterocycles. The predicted octanol–water partition coefficient (Wildman–Crippen LogP) is 2.82. The molecule has 0 saturated carbocycles. The van der Waals surface area contributed by atoms with E-state index in [0.29, 0.717) is 0 Å². The standard InChI is InChI=1S/C21H19.C13H10.2ClH.Zr/c1-2-7-15-12-13-19-18-11-6-5-10-17(18)14-20(19)21(15)16-8-3-4-9-16;1-3-7-12(8-4-1)11-13-9-5-2-6-10-13;;;/h3-6,8,10-14H,2,7,9H2,1H3;1-10H;2*1H;/q-1;;;;+2/p-2. The number of fused-ring (bicyclic) bond motifs is 3. The molecule has 5 aromatic carbocycles. The second kappa shape index (κ2) is 13.9. The molecule has 0 N–H and O–H groups in total. The number of hydrogen-bond acceptors (Lipinski definition) is 0. The van der Waals surface area contributed by atoms with Gasteiger partial charge in [0.1, 0.15) is 0 Å². The van der Waals surface area contributed by atoms with Crippen molar-refractivity contribution in [3.8, 4) is 0 Å². The molecule has 37 heavy (non-hydrogen) atoms. The molecule has 0 bridgehead atoms. The van der Waals surface area contributed by atoms with Crippen molar-refractivity contribution < 1.29 is 49.0 Å². The van der Waals surface area contributed by atoms with Crippen LogP contribution in [-0.4, -0.2) is 3.21 Å². The minimum atomic E-state index is 0. The molecule has 0 aliphatic heterocycles. The van der Waals surface area contributed by atoms with Gasteiger partial charge in [-0.2, -0.15) is 0 Å². The minimum absolute atomic E-state index is 0. The third kappa shape index (κ3) is 6.53. The number of hydrogen-bond donors (Lipinski definition) is 0. The van der Waals surface area contributed by atoms with Gasteiger partial charge in [0.25, 0.3) is 0 Å². The summed E-state index contributed by atoms with van der Waals surface area (Å²) >= 11 is 1.46. The Balaban J connectivity index is 0.000000210. The van der Waals surface area contributed by atoms with Crippen molar-refractivity contribution in [3.63, 3.8) is 0 Å². The van der Waals surface area contributed by atoms with Crippen LogP contribution in [0.3, 0.4) is 0 Å². The molecule has 5 aromatic rings. The van der Waals surface area contributed by atoms with E-state index in [0.717, 1.165) is 12.8 Å². The van der Waals surface area contributed by atoms with Gasteiger partial charge < -0.3 is 24.8 Å². The zero-order valence-corrected chi connectivity index (χ0v) is 24.9. The van der Waals surface area contributed by atoms with E-state index >= 15 is 0 Å². The van der Waals surface area contributed by atoms with Crippen molar-refractivity contribution in [1.82, 2.24) is 0 Å². The maximum absolute atomic E-state index is 2.37. The summed E-state index contributed by atoms with van der Waals surface area (Å²) in [5, 5.41) is 5.56. The molecule has 0 nitrogen and oxygen atoms in total. The van der Waals surface area contributed by atoms with Crippen molar-refractivity contribution in [2.75, 3.05) is 0 Å². The van der Waals surface area contributed by atoms with Crippen LogP contribution in [0.4, 0.5) is 0 Å². The molecule has 184 valence electrons. The maximum atomic E-state index is 2.37. The van der Waals surface area contributed by atoms with Crippen LogP contribution in [0.25, 0.3) is 27.1 Å². The van der Waals surface area contributed by atoms with Crippen molar-refractivity contribution in [1.29, 1.82) is 0 Å². The summed E-state index contributed by atoms with van der Waals surface area (Å²) in [6.45, 7) is 2.26. The number of rotatable bonds is 5. The van der Waals surface area contributed by atoms with Crippen molar-refractivity contribution in [2.45, 2.75) is 26.2 Å². The molecule has 6 rings (SSSR count). The first kappa shape index (κ1) is 29.1. The molecule has 0 unspecified atom stereocenters. The summed E-state index contributed by atoms with van der Waals surface area (Å²) in [6.07, 6.45) is 10.1. The van der Waals surface area contributed by atoms with Crippen LogP contribution in [0.5, 0.6) is 0 Å². The second-order valence-electron chi connectivity index (χ2n) is 8.97. The molecule has 0 amide bonds. The van der Waals surface area contributed by atoms with Gasteiger partial charge in [-0.05, 0) is 12.8 Å². The van der Waals surface area contributed by atoms with Gasteiger partial charge in [-0.15, -0.1) is 33.7 Å². The van der Waals surface area contributed by atoms with Gasteiger partial charge in [0.15, 0.2) is 0 Å². The summed E-state index contributed by atoms with van der Waals surface area (Å²) in [6, 6.07) is 36.9. The fourth-order valence-corrected chi connectivity index (χ4v) is 5.76. The SMILES string of the molecule is CCCc1ccc2c([cH-]c3ccccc32)c1C1=CC=CC1.[Cl-].[Cl-].[Zr+2]=[C](c1ccccc1)c1ccccc1. The molecular weight excluding hydrogens is 571 g/mol. The molecule has 0 radical (unpaired) electrons. The molecule has 3 heteroatoms. The van der Waals surface area contributed by atoms with Crippen LogP contribution in [-0.2, 0) is 30.7 Å². The summed E-state index contributed by atoms with van der Waals surface area (Å²) < 4.78 is 1.42. The predicted molar refractivity (Wildman–Crippen MR) is 149 cm³/mol. The van der Waals surface area contributed by atoms with Gasteiger partial charge in [-0.25, -0.2) is 0 Å². The molecule has 1 aliphatic carbocycles. The van der Waals surface area contributed by atoms with E-state index in [1.807, 2.05) is 0 Å². The van der Waals surface area contributed by atoms with Crippen molar-refractivity contribution in [2.24, 2.45) is 0 Å². The first-order valence-corrected chi connectivity index (χ1v) is 13.6. The van der Waals surface area contributed by atoms with Crippen LogP contribution < -0.4 is 24.8 Å². The van der Waals surface area contributed by atoms with Gasteiger partial charge in [0, 0.05) is 0 Å². The Morgan fingerprint density at radius 3 is 1.97 bits per heavy atom. The molecule has 0 atom stereocenters. The molecule has 0 aromatic heterocycles. The summed E-state index contributed by atoms with van der Waals surface area (Å²) in [4.78, 5) is 0. The van der Waals surface area contributed by atoms with E-state index in [1.165, 1.54) is 83.2 Å². The van der Waals surface area contributed by atoms with Crippen LogP contribution in [0.1, 0.15) is 42.0 Å². The second-order valence-corrected chi connectivity index (χ2v) is 10.2. The monoisotopic (exact) mass is 597 g/mol. The summed E-state index contributed by atoms with van der Waals surface area (Å²) in [7, 11) is 0. The first-order chi connectivity index (χ1) is 17.3. The molecule has 0 heterocycles. The van der Waals surface area contributed by atoms with E-state index in [2.05, 4.69) is 128 Å². The van der Waals surface area contributed by atoms with Crippen molar-refractivity contribution in [3.05, 3.63) is 144 Å². The van der Waals surface area contributed by atoms with Gasteiger partial charge in [-0.3, -0.25) is 0 Å². The van der Waals surface area contributed by atoms with E-state index < -0.39 is 0 Å². The summed E-state index contributed by atoms with van der Waals surface area (Å²) in [5.74, 6) is 0. The molecule has 0 fully saturated rings. The Kier molecular flexibility index (Phi) is 11.0. The van der Waals surface area contributed by atoms with E-state index in [4.69, 9.17) is 0 Å². The average molecular weight is 600 g/mol. The van der Waals surface area contributed by atoms with Gasteiger partial charge in [0.05, 0.1) is 0 Å².